The maximum atomic E-state index is 10.8. The third-order valence-electron chi connectivity index (χ3n) is 1.67. The fourth-order valence-corrected chi connectivity index (χ4v) is 0.936. The average molecular weight is 198 g/mol. The van der Waals surface area contributed by atoms with E-state index in [0.717, 1.165) is 0 Å². The van der Waals surface area contributed by atoms with E-state index in [-0.39, 0.29) is 5.96 Å². The SMILES string of the molecule is CCC(N=C1NC(=O)C(=O)N1)C(N)=O. The summed E-state index contributed by atoms with van der Waals surface area (Å²) in [7, 11) is 0. The topological polar surface area (TPSA) is 114 Å². The van der Waals surface area contributed by atoms with Crippen molar-refractivity contribution in [1.82, 2.24) is 10.6 Å². The monoisotopic (exact) mass is 198 g/mol. The molecule has 7 nitrogen and oxygen atoms in total. The van der Waals surface area contributed by atoms with Gasteiger partial charge in [-0.3, -0.25) is 25.0 Å². The molecule has 7 heteroatoms. The summed E-state index contributed by atoms with van der Waals surface area (Å²) in [5.74, 6) is -2.20. The van der Waals surface area contributed by atoms with Crippen molar-refractivity contribution in [2.75, 3.05) is 0 Å². The van der Waals surface area contributed by atoms with Crippen LogP contribution in [0.2, 0.25) is 0 Å². The van der Waals surface area contributed by atoms with Gasteiger partial charge in [0.2, 0.25) is 11.9 Å². The average Bonchev–Trinajstić information content (AvgIpc) is 2.41. The van der Waals surface area contributed by atoms with Crippen molar-refractivity contribution in [3.8, 4) is 0 Å². The number of hydrogen-bond acceptors (Lipinski definition) is 4. The molecule has 1 saturated heterocycles. The van der Waals surface area contributed by atoms with E-state index in [1.54, 1.807) is 6.92 Å². The lowest BCUT2D eigenvalue weighted by Crippen LogP contribution is -2.33. The van der Waals surface area contributed by atoms with Crippen LogP contribution in [0.15, 0.2) is 4.99 Å². The van der Waals surface area contributed by atoms with E-state index < -0.39 is 23.8 Å². The molecule has 0 aliphatic carbocycles. The summed E-state index contributed by atoms with van der Waals surface area (Å²) in [6, 6.07) is -0.733. The van der Waals surface area contributed by atoms with Crippen molar-refractivity contribution < 1.29 is 14.4 Å². The van der Waals surface area contributed by atoms with Gasteiger partial charge in [0, 0.05) is 0 Å². The van der Waals surface area contributed by atoms with E-state index in [4.69, 9.17) is 5.73 Å². The summed E-state index contributed by atoms with van der Waals surface area (Å²) in [4.78, 5) is 36.0. The molecule has 0 spiro atoms. The number of primary amides is 1. The Morgan fingerprint density at radius 2 is 1.93 bits per heavy atom. The van der Waals surface area contributed by atoms with Gasteiger partial charge in [-0.25, -0.2) is 4.99 Å². The molecule has 14 heavy (non-hydrogen) atoms. The van der Waals surface area contributed by atoms with Gasteiger partial charge >= 0.3 is 11.8 Å². The van der Waals surface area contributed by atoms with Crippen LogP contribution < -0.4 is 16.4 Å². The molecule has 4 N–H and O–H groups in total. The Balaban J connectivity index is 2.74. The normalized spacial score (nSPS) is 17.4. The second-order valence-electron chi connectivity index (χ2n) is 2.71. The Kier molecular flexibility index (Phi) is 2.80. The van der Waals surface area contributed by atoms with E-state index in [9.17, 15) is 14.4 Å². The molecule has 76 valence electrons. The molecular formula is C7H10N4O3. The fourth-order valence-electron chi connectivity index (χ4n) is 0.936. The van der Waals surface area contributed by atoms with Gasteiger partial charge in [-0.1, -0.05) is 6.92 Å². The highest BCUT2D eigenvalue weighted by Gasteiger charge is 2.26. The zero-order chi connectivity index (χ0) is 10.7. The molecule has 1 aliphatic heterocycles. The summed E-state index contributed by atoms with van der Waals surface area (Å²) in [6.07, 6.45) is 0.407. The fraction of sp³-hybridized carbons (Fsp3) is 0.429. The number of carbonyl (C=O) groups is 3. The molecule has 1 heterocycles. The molecule has 1 unspecified atom stereocenters. The second kappa shape index (κ2) is 3.86. The van der Waals surface area contributed by atoms with Crippen LogP contribution in [-0.2, 0) is 14.4 Å². The Bertz CT molecular complexity index is 305. The van der Waals surface area contributed by atoms with Crippen LogP contribution in [-0.4, -0.2) is 29.7 Å². The van der Waals surface area contributed by atoms with Crippen LogP contribution in [0.4, 0.5) is 0 Å². The molecule has 1 atom stereocenters. The smallest absolute Gasteiger partial charge is 0.316 e. The quantitative estimate of drug-likeness (QED) is 0.449. The molecule has 1 fully saturated rings. The van der Waals surface area contributed by atoms with E-state index in [1.165, 1.54) is 0 Å². The molecule has 1 rings (SSSR count). The first-order valence-electron chi connectivity index (χ1n) is 4.04. The zero-order valence-electron chi connectivity index (χ0n) is 7.53. The van der Waals surface area contributed by atoms with E-state index >= 15 is 0 Å². The van der Waals surface area contributed by atoms with Gasteiger partial charge < -0.3 is 5.73 Å². The van der Waals surface area contributed by atoms with Gasteiger partial charge in [-0.05, 0) is 6.42 Å². The van der Waals surface area contributed by atoms with Crippen molar-refractivity contribution in [3.05, 3.63) is 0 Å². The predicted molar refractivity (Wildman–Crippen MR) is 47.0 cm³/mol. The lowest BCUT2D eigenvalue weighted by molar-refractivity contribution is -0.135. The minimum Gasteiger partial charge on any atom is -0.368 e. The van der Waals surface area contributed by atoms with Gasteiger partial charge in [0.1, 0.15) is 6.04 Å². The van der Waals surface area contributed by atoms with Gasteiger partial charge in [0.05, 0.1) is 0 Å². The largest absolute Gasteiger partial charge is 0.368 e. The van der Waals surface area contributed by atoms with Crippen LogP contribution in [0, 0.1) is 0 Å². The lowest BCUT2D eigenvalue weighted by Gasteiger charge is -2.05. The number of nitrogens with one attached hydrogen (secondary N) is 2. The van der Waals surface area contributed by atoms with Crippen molar-refractivity contribution >= 4 is 23.7 Å². The predicted octanol–water partition coefficient (Wildman–Crippen LogP) is -2.15. The molecular weight excluding hydrogens is 188 g/mol. The van der Waals surface area contributed by atoms with E-state index in [1.807, 2.05) is 0 Å². The zero-order valence-corrected chi connectivity index (χ0v) is 7.53. The number of carbonyl (C=O) groups excluding carboxylic acids is 3. The summed E-state index contributed by atoms with van der Waals surface area (Å²) < 4.78 is 0. The van der Waals surface area contributed by atoms with Crippen molar-refractivity contribution in [1.29, 1.82) is 0 Å². The standard InChI is InChI=1S/C7H10N4O3/c1-2-3(4(8)12)9-7-10-5(13)6(14)11-7/h3H,2H2,1H3,(H2,8,12)(H2,9,10,11,13,14). The first kappa shape index (κ1) is 10.2. The summed E-state index contributed by atoms with van der Waals surface area (Å²) in [5, 5.41) is 4.33. The van der Waals surface area contributed by atoms with Gasteiger partial charge in [0.25, 0.3) is 0 Å². The molecule has 0 saturated carbocycles. The Labute approximate surface area is 79.7 Å². The Morgan fingerprint density at radius 1 is 1.43 bits per heavy atom. The highest BCUT2D eigenvalue weighted by atomic mass is 16.2. The van der Waals surface area contributed by atoms with Crippen LogP contribution in [0.5, 0.6) is 0 Å². The Hall–Kier alpha value is -1.92. The number of amides is 3. The van der Waals surface area contributed by atoms with Gasteiger partial charge in [-0.15, -0.1) is 0 Å². The first-order valence-corrected chi connectivity index (χ1v) is 4.04. The second-order valence-corrected chi connectivity index (χ2v) is 2.71. The number of rotatable bonds is 3. The lowest BCUT2D eigenvalue weighted by atomic mass is 10.2. The van der Waals surface area contributed by atoms with E-state index in [2.05, 4.69) is 15.6 Å². The minimum absolute atomic E-state index is 0.0225. The van der Waals surface area contributed by atoms with Gasteiger partial charge in [0.15, 0.2) is 0 Å². The van der Waals surface area contributed by atoms with Crippen LogP contribution in [0.3, 0.4) is 0 Å². The molecule has 0 aromatic rings. The number of hydrogen-bond donors (Lipinski definition) is 3. The summed E-state index contributed by atoms with van der Waals surface area (Å²) in [5.41, 5.74) is 5.02. The molecule has 0 aromatic carbocycles. The maximum absolute atomic E-state index is 10.8. The van der Waals surface area contributed by atoms with E-state index in [0.29, 0.717) is 6.42 Å². The minimum atomic E-state index is -0.789. The Morgan fingerprint density at radius 3 is 2.29 bits per heavy atom. The van der Waals surface area contributed by atoms with Crippen molar-refractivity contribution in [2.45, 2.75) is 19.4 Å². The molecule has 0 radical (unpaired) electrons. The third-order valence-corrected chi connectivity index (χ3v) is 1.67. The number of nitrogens with two attached hydrogens (primary N) is 1. The maximum Gasteiger partial charge on any atom is 0.316 e. The van der Waals surface area contributed by atoms with Crippen molar-refractivity contribution in [2.24, 2.45) is 10.7 Å². The third kappa shape index (κ3) is 2.06. The molecule has 0 bridgehead atoms. The number of aliphatic imine (C=N–C) groups is 1. The first-order chi connectivity index (χ1) is 6.54. The number of guanidine groups is 1. The van der Waals surface area contributed by atoms with Gasteiger partial charge in [-0.2, -0.15) is 0 Å². The molecule has 0 aromatic heterocycles. The highest BCUT2D eigenvalue weighted by molar-refractivity contribution is 6.45. The molecule has 3 amide bonds. The van der Waals surface area contributed by atoms with Crippen LogP contribution >= 0.6 is 0 Å². The number of nitrogens with zero attached hydrogens (tertiary/aromatic N) is 1. The summed E-state index contributed by atoms with van der Waals surface area (Å²) >= 11 is 0. The summed E-state index contributed by atoms with van der Waals surface area (Å²) in [6.45, 7) is 1.72. The van der Waals surface area contributed by atoms with Crippen LogP contribution in [0.1, 0.15) is 13.3 Å². The molecule has 1 aliphatic rings. The van der Waals surface area contributed by atoms with Crippen molar-refractivity contribution in [3.63, 3.8) is 0 Å². The highest BCUT2D eigenvalue weighted by Crippen LogP contribution is 1.97. The van der Waals surface area contributed by atoms with Crippen LogP contribution in [0.25, 0.3) is 0 Å².